The minimum absolute atomic E-state index is 0. The van der Waals surface area contributed by atoms with E-state index in [-0.39, 0.29) is 18.9 Å². The molecule has 2 aromatic rings. The second-order valence-electron chi connectivity index (χ2n) is 3.35. The molecule has 2 aromatic carbocycles. The first kappa shape index (κ1) is 12.7. The quantitative estimate of drug-likeness (QED) is 0.511. The van der Waals surface area contributed by atoms with E-state index in [0.717, 1.165) is 0 Å². The molecule has 16 heavy (non-hydrogen) atoms. The zero-order valence-corrected chi connectivity index (χ0v) is 9.51. The molecule has 0 heterocycles. The molecular formula is C15H13Li. The Morgan fingerprint density at radius 2 is 1.31 bits per heavy atom. The van der Waals surface area contributed by atoms with Crippen molar-refractivity contribution >= 4 is 6.08 Å². The molecule has 0 unspecified atom stereocenters. The summed E-state index contributed by atoms with van der Waals surface area (Å²) in [6, 6.07) is 20.6. The van der Waals surface area contributed by atoms with Crippen molar-refractivity contribution < 1.29 is 18.9 Å². The fourth-order valence-corrected chi connectivity index (χ4v) is 1.40. The van der Waals surface area contributed by atoms with Crippen LogP contribution in [-0.2, 0) is 0 Å². The van der Waals surface area contributed by atoms with Crippen LogP contribution in [0.4, 0.5) is 0 Å². The smallest absolute Gasteiger partial charge is 0.148 e. The van der Waals surface area contributed by atoms with E-state index in [4.69, 9.17) is 0 Å². The van der Waals surface area contributed by atoms with Gasteiger partial charge in [-0.1, -0.05) is 42.0 Å². The summed E-state index contributed by atoms with van der Waals surface area (Å²) < 4.78 is 0. The molecule has 0 spiro atoms. The van der Waals surface area contributed by atoms with E-state index >= 15 is 0 Å². The van der Waals surface area contributed by atoms with Crippen molar-refractivity contribution in [2.45, 2.75) is 0 Å². The fraction of sp³-hybridized carbons (Fsp3) is 0. The van der Waals surface area contributed by atoms with Gasteiger partial charge in [-0.2, -0.15) is 0 Å². The van der Waals surface area contributed by atoms with Gasteiger partial charge in [0.05, 0.1) is 0 Å². The van der Waals surface area contributed by atoms with Crippen molar-refractivity contribution in [3.63, 3.8) is 0 Å². The molecule has 74 valence electrons. The zero-order chi connectivity index (χ0) is 10.3. The van der Waals surface area contributed by atoms with Crippen molar-refractivity contribution in [2.24, 2.45) is 0 Å². The van der Waals surface area contributed by atoms with Gasteiger partial charge >= 0.3 is 18.9 Å². The Bertz CT molecular complexity index is 418. The molecule has 0 fully saturated rings. The predicted molar refractivity (Wildman–Crippen MR) is 65.3 cm³/mol. The SMILES string of the molecule is C(=Cc1ccccc1)[CH-]c1ccccc1.[Li+]. The average Bonchev–Trinajstić information content (AvgIpc) is 2.32. The van der Waals surface area contributed by atoms with E-state index in [9.17, 15) is 0 Å². The minimum atomic E-state index is 0. The van der Waals surface area contributed by atoms with Gasteiger partial charge < -0.3 is 0 Å². The maximum Gasteiger partial charge on any atom is 1.00 e. The Labute approximate surface area is 109 Å². The largest absolute Gasteiger partial charge is 1.00 e. The van der Waals surface area contributed by atoms with Crippen molar-refractivity contribution in [2.75, 3.05) is 0 Å². The monoisotopic (exact) mass is 200 g/mol. The molecule has 0 radical (unpaired) electrons. The second kappa shape index (κ2) is 7.01. The maximum absolute atomic E-state index is 2.10. The van der Waals surface area contributed by atoms with Crippen LogP contribution in [0.2, 0.25) is 0 Å². The summed E-state index contributed by atoms with van der Waals surface area (Å²) in [7, 11) is 0. The third-order valence-corrected chi connectivity index (χ3v) is 2.18. The normalized spacial score (nSPS) is 9.75. The van der Waals surface area contributed by atoms with Crippen LogP contribution in [0.3, 0.4) is 0 Å². The van der Waals surface area contributed by atoms with Crippen molar-refractivity contribution in [3.8, 4) is 0 Å². The molecule has 0 saturated heterocycles. The predicted octanol–water partition coefficient (Wildman–Crippen LogP) is 0.956. The second-order valence-corrected chi connectivity index (χ2v) is 3.35. The molecule has 0 aliphatic heterocycles. The van der Waals surface area contributed by atoms with Gasteiger partial charge in [-0.15, -0.1) is 48.4 Å². The van der Waals surface area contributed by atoms with Crippen LogP contribution in [0, 0.1) is 6.42 Å². The van der Waals surface area contributed by atoms with Gasteiger partial charge in [0, 0.05) is 0 Å². The molecular weight excluding hydrogens is 187 g/mol. The molecule has 0 amide bonds. The van der Waals surface area contributed by atoms with Crippen LogP contribution < -0.4 is 18.9 Å². The molecule has 0 saturated carbocycles. The van der Waals surface area contributed by atoms with E-state index in [2.05, 4.69) is 42.8 Å². The van der Waals surface area contributed by atoms with Gasteiger partial charge in [-0.05, 0) is 0 Å². The Morgan fingerprint density at radius 1 is 0.750 bits per heavy atom. The number of hydrogen-bond acceptors (Lipinski definition) is 0. The molecule has 0 aliphatic rings. The molecule has 2 rings (SSSR count). The standard InChI is InChI=1S/C15H13.Li/c1-3-8-14(9-4-1)12-7-13-15-10-5-2-6-11-15;/h1-13H;/q-1;+1. The van der Waals surface area contributed by atoms with Crippen molar-refractivity contribution in [1.29, 1.82) is 0 Å². The third-order valence-electron chi connectivity index (χ3n) is 2.18. The minimum Gasteiger partial charge on any atom is -0.148 e. The van der Waals surface area contributed by atoms with Crippen LogP contribution in [0.15, 0.2) is 66.7 Å². The molecule has 0 aromatic heterocycles. The zero-order valence-electron chi connectivity index (χ0n) is 9.51. The Balaban J connectivity index is 0.00000128. The topological polar surface area (TPSA) is 0 Å². The van der Waals surface area contributed by atoms with Crippen molar-refractivity contribution in [3.05, 3.63) is 84.3 Å². The van der Waals surface area contributed by atoms with Crippen LogP contribution in [-0.4, -0.2) is 0 Å². The Hall–Kier alpha value is -1.35. The Kier molecular flexibility index (Phi) is 5.57. The van der Waals surface area contributed by atoms with Gasteiger partial charge in [-0.25, -0.2) is 0 Å². The van der Waals surface area contributed by atoms with Gasteiger partial charge in [0.15, 0.2) is 0 Å². The summed E-state index contributed by atoms with van der Waals surface area (Å²) in [6.07, 6.45) is 6.28. The molecule has 0 nitrogen and oxygen atoms in total. The molecule has 0 aliphatic carbocycles. The van der Waals surface area contributed by atoms with Crippen LogP contribution in [0.5, 0.6) is 0 Å². The molecule has 0 N–H and O–H groups in total. The third kappa shape index (κ3) is 4.02. The number of benzene rings is 2. The van der Waals surface area contributed by atoms with Gasteiger partial charge in [0.1, 0.15) is 0 Å². The van der Waals surface area contributed by atoms with E-state index in [1.165, 1.54) is 11.1 Å². The summed E-state index contributed by atoms with van der Waals surface area (Å²) >= 11 is 0. The number of rotatable bonds is 3. The van der Waals surface area contributed by atoms with E-state index < -0.39 is 0 Å². The van der Waals surface area contributed by atoms with Crippen LogP contribution in [0.25, 0.3) is 6.08 Å². The molecule has 1 heteroatoms. The summed E-state index contributed by atoms with van der Waals surface area (Å²) in [6.45, 7) is 0. The average molecular weight is 200 g/mol. The fourth-order valence-electron chi connectivity index (χ4n) is 1.40. The van der Waals surface area contributed by atoms with Crippen LogP contribution in [0.1, 0.15) is 11.1 Å². The van der Waals surface area contributed by atoms with Crippen LogP contribution >= 0.6 is 0 Å². The first-order valence-electron chi connectivity index (χ1n) is 5.07. The van der Waals surface area contributed by atoms with Gasteiger partial charge in [-0.3, -0.25) is 0 Å². The molecule has 0 bridgehead atoms. The summed E-state index contributed by atoms with van der Waals surface area (Å²) in [5.41, 5.74) is 2.45. The number of hydrogen-bond donors (Lipinski definition) is 0. The van der Waals surface area contributed by atoms with Gasteiger partial charge in [0.2, 0.25) is 0 Å². The van der Waals surface area contributed by atoms with Crippen molar-refractivity contribution in [1.82, 2.24) is 0 Å². The van der Waals surface area contributed by atoms with E-state index in [0.29, 0.717) is 0 Å². The Morgan fingerprint density at radius 3 is 1.94 bits per heavy atom. The summed E-state index contributed by atoms with van der Waals surface area (Å²) in [5.74, 6) is 0. The summed E-state index contributed by atoms with van der Waals surface area (Å²) in [4.78, 5) is 0. The first-order valence-corrected chi connectivity index (χ1v) is 5.07. The van der Waals surface area contributed by atoms with Gasteiger partial charge in [0.25, 0.3) is 0 Å². The maximum atomic E-state index is 2.10. The first-order chi connectivity index (χ1) is 7.45. The van der Waals surface area contributed by atoms with E-state index in [1.807, 2.05) is 36.4 Å². The summed E-state index contributed by atoms with van der Waals surface area (Å²) in [5, 5.41) is 0. The van der Waals surface area contributed by atoms with E-state index in [1.54, 1.807) is 0 Å². The number of allylic oxidation sites excluding steroid dienone is 1. The molecule has 0 atom stereocenters.